The van der Waals surface area contributed by atoms with Gasteiger partial charge in [-0.2, -0.15) is 0 Å². The molecule has 5 heteroatoms. The lowest BCUT2D eigenvalue weighted by Crippen LogP contribution is -2.19. The number of carbonyl (C=O) groups excluding carboxylic acids is 1. The van der Waals surface area contributed by atoms with Gasteiger partial charge in [0.1, 0.15) is 0 Å². The second-order valence-corrected chi connectivity index (χ2v) is 9.67. The van der Waals surface area contributed by atoms with Crippen molar-refractivity contribution in [3.63, 3.8) is 0 Å². The first-order valence-electron chi connectivity index (χ1n) is 7.72. The number of rotatable bonds is 5. The van der Waals surface area contributed by atoms with Crippen LogP contribution in [0.4, 0.5) is 0 Å². The van der Waals surface area contributed by atoms with Crippen molar-refractivity contribution < 1.29 is 13.2 Å². The molecular formula is C20H17O3PS. The van der Waals surface area contributed by atoms with Gasteiger partial charge in [0.25, 0.3) is 0 Å². The minimum atomic E-state index is -3.49. The molecule has 0 saturated carbocycles. The van der Waals surface area contributed by atoms with Gasteiger partial charge in [-0.1, -0.05) is 72.8 Å². The SMILES string of the molecule is CS(=O)(=O)c1ccccc1C(=O)P(c1ccccc1)c1ccccc1. The fourth-order valence-corrected chi connectivity index (χ4v) is 5.73. The van der Waals surface area contributed by atoms with Crippen LogP contribution in [0.2, 0.25) is 0 Å². The summed E-state index contributed by atoms with van der Waals surface area (Å²) in [6, 6.07) is 25.5. The van der Waals surface area contributed by atoms with E-state index < -0.39 is 17.8 Å². The van der Waals surface area contributed by atoms with Crippen molar-refractivity contribution in [3.05, 3.63) is 90.5 Å². The third-order valence-corrected chi connectivity index (χ3v) is 7.18. The first kappa shape index (κ1) is 17.5. The molecule has 0 radical (unpaired) electrons. The number of sulfone groups is 1. The topological polar surface area (TPSA) is 51.2 Å². The van der Waals surface area contributed by atoms with E-state index in [0.29, 0.717) is 0 Å². The molecule has 0 fully saturated rings. The Labute approximate surface area is 149 Å². The third-order valence-electron chi connectivity index (χ3n) is 3.75. The van der Waals surface area contributed by atoms with E-state index >= 15 is 0 Å². The summed E-state index contributed by atoms with van der Waals surface area (Å²) in [5.41, 5.74) is 0.0947. The fourth-order valence-electron chi connectivity index (χ4n) is 2.62. The van der Waals surface area contributed by atoms with Crippen LogP contribution in [-0.2, 0) is 9.84 Å². The van der Waals surface area contributed by atoms with E-state index in [1.807, 2.05) is 60.7 Å². The van der Waals surface area contributed by atoms with Crippen molar-refractivity contribution in [3.8, 4) is 0 Å². The Morgan fingerprint density at radius 1 is 0.720 bits per heavy atom. The van der Waals surface area contributed by atoms with Crippen LogP contribution in [0.15, 0.2) is 89.8 Å². The Balaban J connectivity index is 2.18. The van der Waals surface area contributed by atoms with Crippen molar-refractivity contribution >= 4 is 33.9 Å². The van der Waals surface area contributed by atoms with Crippen molar-refractivity contribution in [1.29, 1.82) is 0 Å². The monoisotopic (exact) mass is 368 g/mol. The Morgan fingerprint density at radius 2 is 1.16 bits per heavy atom. The quantitative estimate of drug-likeness (QED) is 0.649. The lowest BCUT2D eigenvalue weighted by molar-refractivity contribution is 0.108. The zero-order valence-electron chi connectivity index (χ0n) is 13.7. The maximum atomic E-state index is 13.4. The molecule has 0 N–H and O–H groups in total. The average Bonchev–Trinajstić information content (AvgIpc) is 2.63. The zero-order valence-corrected chi connectivity index (χ0v) is 15.4. The van der Waals surface area contributed by atoms with Gasteiger partial charge in [0.15, 0.2) is 15.4 Å². The first-order valence-corrected chi connectivity index (χ1v) is 11.0. The molecule has 0 amide bonds. The second kappa shape index (κ2) is 7.30. The summed E-state index contributed by atoms with van der Waals surface area (Å²) in [7, 11) is -4.84. The lowest BCUT2D eigenvalue weighted by Gasteiger charge is -2.18. The molecule has 3 nitrogen and oxygen atoms in total. The highest BCUT2D eigenvalue weighted by molar-refractivity contribution is 7.91. The van der Waals surface area contributed by atoms with Crippen molar-refractivity contribution in [1.82, 2.24) is 0 Å². The highest BCUT2D eigenvalue weighted by Gasteiger charge is 2.27. The highest BCUT2D eigenvalue weighted by atomic mass is 32.2. The number of benzene rings is 3. The van der Waals surface area contributed by atoms with E-state index in [9.17, 15) is 13.2 Å². The molecule has 3 aromatic carbocycles. The molecule has 0 aliphatic rings. The molecule has 0 aliphatic carbocycles. The van der Waals surface area contributed by atoms with E-state index in [4.69, 9.17) is 0 Å². The summed E-state index contributed by atoms with van der Waals surface area (Å²) in [6.07, 6.45) is 1.13. The van der Waals surface area contributed by atoms with Crippen LogP contribution in [0, 0.1) is 0 Å². The molecule has 0 aromatic heterocycles. The minimum Gasteiger partial charge on any atom is -0.288 e. The van der Waals surface area contributed by atoms with Crippen LogP contribution in [0.1, 0.15) is 10.4 Å². The van der Waals surface area contributed by atoms with Gasteiger partial charge in [-0.25, -0.2) is 8.42 Å². The molecule has 0 heterocycles. The normalized spacial score (nSPS) is 11.4. The summed E-state index contributed by atoms with van der Waals surface area (Å²) in [4.78, 5) is 13.5. The smallest absolute Gasteiger partial charge is 0.194 e. The number of hydrogen-bond donors (Lipinski definition) is 0. The Bertz CT molecular complexity index is 944. The summed E-state index contributed by atoms with van der Waals surface area (Å²) in [6.45, 7) is 0. The summed E-state index contributed by atoms with van der Waals surface area (Å²) in [5, 5.41) is 1.80. The van der Waals surface area contributed by atoms with Gasteiger partial charge in [0.05, 0.1) is 4.90 Å². The Morgan fingerprint density at radius 3 is 1.64 bits per heavy atom. The molecule has 126 valence electrons. The average molecular weight is 368 g/mol. The van der Waals surface area contributed by atoms with Gasteiger partial charge in [-0.15, -0.1) is 0 Å². The molecule has 0 aliphatic heterocycles. The van der Waals surface area contributed by atoms with Gasteiger partial charge >= 0.3 is 0 Å². The summed E-state index contributed by atoms with van der Waals surface area (Å²) in [5.74, 6) is 0. The van der Waals surface area contributed by atoms with Gasteiger partial charge < -0.3 is 0 Å². The van der Waals surface area contributed by atoms with Gasteiger partial charge in [0, 0.05) is 19.7 Å². The molecule has 3 rings (SSSR count). The van der Waals surface area contributed by atoms with Gasteiger partial charge in [0.2, 0.25) is 0 Å². The van der Waals surface area contributed by atoms with Crippen LogP contribution in [0.3, 0.4) is 0 Å². The third kappa shape index (κ3) is 3.87. The lowest BCUT2D eigenvalue weighted by atomic mass is 10.2. The molecule has 0 atom stereocenters. The molecule has 3 aromatic rings. The number of carbonyl (C=O) groups is 1. The molecule has 0 unspecified atom stereocenters. The molecule has 0 bridgehead atoms. The predicted molar refractivity (Wildman–Crippen MR) is 103 cm³/mol. The van der Waals surface area contributed by atoms with E-state index in [-0.39, 0.29) is 16.0 Å². The Hall–Kier alpha value is -2.29. The van der Waals surface area contributed by atoms with Gasteiger partial charge in [-0.05, 0) is 22.7 Å². The van der Waals surface area contributed by atoms with E-state index in [1.54, 1.807) is 18.2 Å². The summed E-state index contributed by atoms with van der Waals surface area (Å²) < 4.78 is 24.2. The Kier molecular flexibility index (Phi) is 5.12. The molecule has 25 heavy (non-hydrogen) atoms. The first-order chi connectivity index (χ1) is 12.0. The van der Waals surface area contributed by atoms with E-state index in [2.05, 4.69) is 0 Å². The predicted octanol–water partition coefficient (Wildman–Crippen LogP) is 3.36. The zero-order chi connectivity index (χ0) is 17.9. The van der Waals surface area contributed by atoms with Crippen LogP contribution >= 0.6 is 7.92 Å². The largest absolute Gasteiger partial charge is 0.288 e. The van der Waals surface area contributed by atoms with Crippen molar-refractivity contribution in [2.24, 2.45) is 0 Å². The summed E-state index contributed by atoms with van der Waals surface area (Å²) >= 11 is 0. The van der Waals surface area contributed by atoms with Crippen LogP contribution < -0.4 is 10.6 Å². The van der Waals surface area contributed by atoms with Crippen molar-refractivity contribution in [2.75, 3.05) is 6.26 Å². The van der Waals surface area contributed by atoms with Crippen LogP contribution in [-0.4, -0.2) is 20.2 Å². The minimum absolute atomic E-state index is 0.0827. The van der Waals surface area contributed by atoms with E-state index in [1.165, 1.54) is 6.07 Å². The second-order valence-electron chi connectivity index (χ2n) is 5.58. The fraction of sp³-hybridized carbons (Fsp3) is 0.0500. The van der Waals surface area contributed by atoms with E-state index in [0.717, 1.165) is 16.9 Å². The maximum Gasteiger partial charge on any atom is 0.194 e. The highest BCUT2D eigenvalue weighted by Crippen LogP contribution is 2.39. The van der Waals surface area contributed by atoms with Gasteiger partial charge in [-0.3, -0.25) is 4.79 Å². The maximum absolute atomic E-state index is 13.4. The molecule has 0 saturated heterocycles. The standard InChI is InChI=1S/C20H17O3PS/c1-25(22,23)19-15-9-8-14-18(19)20(21)24(16-10-4-2-5-11-16)17-12-6-3-7-13-17/h2-15H,1H3. The van der Waals surface area contributed by atoms with Crippen molar-refractivity contribution in [2.45, 2.75) is 4.90 Å². The number of hydrogen-bond acceptors (Lipinski definition) is 3. The van der Waals surface area contributed by atoms with Crippen LogP contribution in [0.5, 0.6) is 0 Å². The molecule has 0 spiro atoms. The molecular weight excluding hydrogens is 351 g/mol. The van der Waals surface area contributed by atoms with Crippen LogP contribution in [0.25, 0.3) is 0 Å².